The van der Waals surface area contributed by atoms with Crippen molar-refractivity contribution in [2.24, 2.45) is 0 Å². The first-order valence-electron chi connectivity index (χ1n) is 9.33. The summed E-state index contributed by atoms with van der Waals surface area (Å²) in [6, 6.07) is 6.48. The van der Waals surface area contributed by atoms with Crippen LogP contribution in [0.15, 0.2) is 24.3 Å². The van der Waals surface area contributed by atoms with Gasteiger partial charge in [0.1, 0.15) is 5.69 Å². The maximum atomic E-state index is 12.4. The first kappa shape index (κ1) is 22.7. The minimum atomic E-state index is -0.754. The van der Waals surface area contributed by atoms with Crippen LogP contribution in [-0.4, -0.2) is 41.4 Å². The zero-order valence-electron chi connectivity index (χ0n) is 17.5. The Morgan fingerprint density at radius 3 is 2.07 bits per heavy atom. The molecule has 0 aliphatic heterocycles. The van der Waals surface area contributed by atoms with Gasteiger partial charge >= 0.3 is 11.9 Å². The molecule has 0 bridgehead atoms. The van der Waals surface area contributed by atoms with Crippen molar-refractivity contribution in [3.63, 3.8) is 0 Å². The number of aromatic amines is 1. The molecule has 30 heavy (non-hydrogen) atoms. The van der Waals surface area contributed by atoms with Gasteiger partial charge in [-0.05, 0) is 57.5 Å². The van der Waals surface area contributed by atoms with Crippen LogP contribution in [0.2, 0.25) is 0 Å². The third-order valence-corrected chi connectivity index (χ3v) is 4.01. The van der Waals surface area contributed by atoms with Gasteiger partial charge in [0.2, 0.25) is 5.91 Å². The van der Waals surface area contributed by atoms with Gasteiger partial charge in [0.15, 0.2) is 6.61 Å². The lowest BCUT2D eigenvalue weighted by Gasteiger charge is -2.09. The fraction of sp³-hybridized carbons (Fsp3) is 0.333. The lowest BCUT2D eigenvalue weighted by molar-refractivity contribution is -0.119. The van der Waals surface area contributed by atoms with E-state index in [1.165, 1.54) is 6.92 Å². The molecule has 0 aliphatic carbocycles. The number of hydrogen-bond donors (Lipinski definition) is 3. The molecule has 9 nitrogen and oxygen atoms in total. The lowest BCUT2D eigenvalue weighted by Crippen LogP contribution is -2.21. The second-order valence-electron chi connectivity index (χ2n) is 6.96. The number of hydrogen-bond acceptors (Lipinski definition) is 6. The molecule has 0 saturated heterocycles. The number of H-pyrrole nitrogens is 1. The summed E-state index contributed by atoms with van der Waals surface area (Å²) < 4.78 is 10.2. The Labute approximate surface area is 174 Å². The van der Waals surface area contributed by atoms with Crippen LogP contribution in [0.25, 0.3) is 0 Å². The van der Waals surface area contributed by atoms with Gasteiger partial charge in [-0.3, -0.25) is 9.59 Å². The number of rotatable bonds is 7. The smallest absolute Gasteiger partial charge is 0.355 e. The highest BCUT2D eigenvalue weighted by atomic mass is 16.5. The Balaban J connectivity index is 1.96. The van der Waals surface area contributed by atoms with E-state index in [4.69, 9.17) is 9.47 Å². The predicted octanol–water partition coefficient (Wildman–Crippen LogP) is 2.95. The third kappa shape index (κ3) is 5.94. The molecular weight excluding hydrogens is 390 g/mol. The molecule has 0 atom stereocenters. The maximum absolute atomic E-state index is 12.4. The van der Waals surface area contributed by atoms with Crippen molar-refractivity contribution in [3.8, 4) is 0 Å². The summed E-state index contributed by atoms with van der Waals surface area (Å²) in [7, 11) is 0. The van der Waals surface area contributed by atoms with Gasteiger partial charge in [0.25, 0.3) is 5.91 Å². The average Bonchev–Trinajstić information content (AvgIpc) is 2.94. The topological polar surface area (TPSA) is 127 Å². The highest BCUT2D eigenvalue weighted by molar-refractivity contribution is 6.00. The molecule has 2 amide bonds. The zero-order chi connectivity index (χ0) is 22.4. The number of esters is 2. The Morgan fingerprint density at radius 2 is 1.53 bits per heavy atom. The normalized spacial score (nSPS) is 10.5. The van der Waals surface area contributed by atoms with Crippen LogP contribution < -0.4 is 10.6 Å². The van der Waals surface area contributed by atoms with Crippen LogP contribution in [-0.2, 0) is 19.1 Å². The molecule has 0 spiro atoms. The lowest BCUT2D eigenvalue weighted by atomic mass is 10.1. The van der Waals surface area contributed by atoms with E-state index in [1.54, 1.807) is 52.0 Å². The van der Waals surface area contributed by atoms with Crippen molar-refractivity contribution < 1.29 is 28.7 Å². The maximum Gasteiger partial charge on any atom is 0.355 e. The molecule has 0 fully saturated rings. The standard InChI is InChI=1S/C21H25N3O6/c1-11(2)30-20(27)18-12(3)19(22-13(18)4)21(28)29-10-17(26)24-16-8-6-15(7-9-16)23-14(5)25/h6-9,11,22H,10H2,1-5H3,(H,23,25)(H,24,26). The molecule has 1 aromatic carbocycles. The van der Waals surface area contributed by atoms with Gasteiger partial charge in [-0.1, -0.05) is 0 Å². The molecule has 0 unspecified atom stereocenters. The number of aryl methyl sites for hydroxylation is 1. The van der Waals surface area contributed by atoms with Gasteiger partial charge in [-0.2, -0.15) is 0 Å². The van der Waals surface area contributed by atoms with E-state index < -0.39 is 24.5 Å². The van der Waals surface area contributed by atoms with E-state index in [2.05, 4.69) is 15.6 Å². The highest BCUT2D eigenvalue weighted by Gasteiger charge is 2.24. The SMILES string of the molecule is CC(=O)Nc1ccc(NC(=O)COC(=O)c2[nH]c(C)c(C(=O)OC(C)C)c2C)cc1. The van der Waals surface area contributed by atoms with E-state index in [1.807, 2.05) is 0 Å². The van der Waals surface area contributed by atoms with Gasteiger partial charge in [-0.25, -0.2) is 9.59 Å². The fourth-order valence-corrected chi connectivity index (χ4v) is 2.77. The fourth-order valence-electron chi connectivity index (χ4n) is 2.77. The zero-order valence-corrected chi connectivity index (χ0v) is 17.5. The first-order valence-corrected chi connectivity index (χ1v) is 9.33. The van der Waals surface area contributed by atoms with Crippen LogP contribution >= 0.6 is 0 Å². The van der Waals surface area contributed by atoms with Gasteiger partial charge in [0, 0.05) is 24.0 Å². The second kappa shape index (κ2) is 9.73. The number of benzene rings is 1. The van der Waals surface area contributed by atoms with Crippen molar-refractivity contribution in [1.82, 2.24) is 4.98 Å². The van der Waals surface area contributed by atoms with Gasteiger partial charge < -0.3 is 25.1 Å². The van der Waals surface area contributed by atoms with E-state index in [0.717, 1.165) is 0 Å². The summed E-state index contributed by atoms with van der Waals surface area (Å²) >= 11 is 0. The number of amides is 2. The Bertz CT molecular complexity index is 960. The predicted molar refractivity (Wildman–Crippen MR) is 110 cm³/mol. The van der Waals surface area contributed by atoms with Crippen LogP contribution in [0.1, 0.15) is 52.9 Å². The molecule has 2 aromatic rings. The van der Waals surface area contributed by atoms with Crippen LogP contribution in [0.5, 0.6) is 0 Å². The summed E-state index contributed by atoms with van der Waals surface area (Å²) in [4.78, 5) is 50.4. The number of aromatic nitrogens is 1. The summed E-state index contributed by atoms with van der Waals surface area (Å²) in [5, 5.41) is 5.20. The van der Waals surface area contributed by atoms with Crippen LogP contribution in [0.4, 0.5) is 11.4 Å². The van der Waals surface area contributed by atoms with Crippen molar-refractivity contribution in [2.75, 3.05) is 17.2 Å². The molecule has 0 aliphatic rings. The van der Waals surface area contributed by atoms with Crippen molar-refractivity contribution in [1.29, 1.82) is 0 Å². The molecule has 9 heteroatoms. The van der Waals surface area contributed by atoms with Gasteiger partial charge in [-0.15, -0.1) is 0 Å². The number of ether oxygens (including phenoxy) is 2. The Kier molecular flexibility index (Phi) is 7.35. The van der Waals surface area contributed by atoms with Gasteiger partial charge in [0.05, 0.1) is 11.7 Å². The number of carbonyl (C=O) groups excluding carboxylic acids is 4. The molecule has 160 valence electrons. The van der Waals surface area contributed by atoms with Crippen molar-refractivity contribution >= 4 is 35.1 Å². The largest absolute Gasteiger partial charge is 0.459 e. The second-order valence-corrected chi connectivity index (χ2v) is 6.96. The molecular formula is C21H25N3O6. The van der Waals surface area contributed by atoms with E-state index in [0.29, 0.717) is 22.6 Å². The average molecular weight is 415 g/mol. The summed E-state index contributed by atoms with van der Waals surface area (Å²) in [5.41, 5.74) is 2.33. The molecule has 0 radical (unpaired) electrons. The third-order valence-electron chi connectivity index (χ3n) is 4.01. The van der Waals surface area contributed by atoms with Crippen molar-refractivity contribution in [2.45, 2.75) is 40.7 Å². The molecule has 0 saturated carbocycles. The van der Waals surface area contributed by atoms with Crippen LogP contribution in [0.3, 0.4) is 0 Å². The minimum absolute atomic E-state index is 0.0932. The number of nitrogens with one attached hydrogen (secondary N) is 3. The quantitative estimate of drug-likeness (QED) is 0.597. The highest BCUT2D eigenvalue weighted by Crippen LogP contribution is 2.20. The molecule has 1 aromatic heterocycles. The molecule has 1 heterocycles. The Morgan fingerprint density at radius 1 is 0.967 bits per heavy atom. The first-order chi connectivity index (χ1) is 14.1. The summed E-state index contributed by atoms with van der Waals surface area (Å²) in [5.74, 6) is -2.02. The van der Waals surface area contributed by atoms with Crippen molar-refractivity contribution in [3.05, 3.63) is 46.8 Å². The summed E-state index contributed by atoms with van der Waals surface area (Å²) in [6.45, 7) is 7.61. The molecule has 2 rings (SSSR count). The number of anilines is 2. The number of carbonyl (C=O) groups is 4. The Hall–Kier alpha value is -3.62. The molecule has 3 N–H and O–H groups in total. The minimum Gasteiger partial charge on any atom is -0.459 e. The van der Waals surface area contributed by atoms with E-state index in [9.17, 15) is 19.2 Å². The summed E-state index contributed by atoms with van der Waals surface area (Å²) in [6.07, 6.45) is -0.294. The van der Waals surface area contributed by atoms with E-state index >= 15 is 0 Å². The van der Waals surface area contributed by atoms with Crippen LogP contribution in [0, 0.1) is 13.8 Å². The van der Waals surface area contributed by atoms with E-state index in [-0.39, 0.29) is 23.3 Å². The monoisotopic (exact) mass is 415 g/mol.